The number of aryl methyl sites for hydroxylation is 1. The second kappa shape index (κ2) is 12.4. The number of ether oxygens (including phenoxy) is 2. The monoisotopic (exact) mass is 633 g/mol. The quantitative estimate of drug-likeness (QED) is 0.335. The molecule has 3 aliphatic rings. The molecule has 1 atom stereocenters. The molecule has 0 spiro atoms. The molecule has 0 bridgehead atoms. The number of likely N-dealkylation sites (tertiary alicyclic amines) is 1. The van der Waals surface area contributed by atoms with Gasteiger partial charge in [0.1, 0.15) is 29.4 Å². The number of carbonyl (C=O) groups is 2. The fraction of sp³-hybridized carbons (Fsp3) is 0.545. The van der Waals surface area contributed by atoms with Crippen LogP contribution >= 0.6 is 11.8 Å². The van der Waals surface area contributed by atoms with Crippen molar-refractivity contribution in [3.8, 4) is 0 Å². The normalized spacial score (nSPS) is 19.7. The number of rotatable bonds is 8. The summed E-state index contributed by atoms with van der Waals surface area (Å²) in [6.45, 7) is 12.1. The smallest absolute Gasteiger partial charge is 0.413 e. The molecule has 0 unspecified atom stereocenters. The van der Waals surface area contributed by atoms with E-state index >= 15 is 0 Å². The number of benzene rings is 1. The molecule has 0 aliphatic carbocycles. The van der Waals surface area contributed by atoms with E-state index in [1.165, 1.54) is 12.8 Å². The van der Waals surface area contributed by atoms with E-state index in [1.807, 2.05) is 44.5 Å². The topological polar surface area (TPSA) is 115 Å². The number of hydrogen-bond acceptors (Lipinski definition) is 9. The molecule has 3 aromatic rings. The van der Waals surface area contributed by atoms with Gasteiger partial charge in [0.2, 0.25) is 0 Å². The van der Waals surface area contributed by atoms with Gasteiger partial charge in [-0.1, -0.05) is 6.92 Å². The highest BCUT2D eigenvalue weighted by Gasteiger charge is 2.43. The third kappa shape index (κ3) is 6.73. The van der Waals surface area contributed by atoms with Crippen LogP contribution in [0.4, 0.5) is 16.4 Å². The Bertz CT molecular complexity index is 1600. The molecule has 1 N–H and O–H groups in total. The fourth-order valence-electron chi connectivity index (χ4n) is 6.50. The third-order valence-electron chi connectivity index (χ3n) is 8.82. The number of nitrogens with one attached hydrogen (secondary N) is 1. The zero-order chi connectivity index (χ0) is 31.9. The minimum absolute atomic E-state index is 0.0887. The van der Waals surface area contributed by atoms with Crippen LogP contribution in [0.15, 0.2) is 35.5 Å². The summed E-state index contributed by atoms with van der Waals surface area (Å²) < 4.78 is 13.2. The van der Waals surface area contributed by atoms with Gasteiger partial charge in [-0.05, 0) is 93.3 Å². The SMILES string of the molecule is CSc1cc(CN2CCC[C@H](C)C2)cc2c1CN(c1cc(C3(Cc4nncn4C)COC3)cc(NC(=O)OC(C)(C)C)n1)C2=O. The van der Waals surface area contributed by atoms with Crippen molar-refractivity contribution in [1.82, 2.24) is 24.6 Å². The van der Waals surface area contributed by atoms with Crippen LogP contribution in [0.2, 0.25) is 0 Å². The molecule has 11 nitrogen and oxygen atoms in total. The first-order valence-corrected chi connectivity index (χ1v) is 16.8. The van der Waals surface area contributed by atoms with Crippen molar-refractivity contribution in [2.45, 2.75) is 76.0 Å². The summed E-state index contributed by atoms with van der Waals surface area (Å²) in [5, 5.41) is 11.2. The second-order valence-electron chi connectivity index (χ2n) is 13.7. The second-order valence-corrected chi connectivity index (χ2v) is 14.6. The Morgan fingerprint density at radius 1 is 1.22 bits per heavy atom. The van der Waals surface area contributed by atoms with E-state index < -0.39 is 17.1 Å². The van der Waals surface area contributed by atoms with Gasteiger partial charge >= 0.3 is 6.09 Å². The number of amides is 2. The Kier molecular flexibility index (Phi) is 8.66. The predicted octanol–water partition coefficient (Wildman–Crippen LogP) is 5.18. The van der Waals surface area contributed by atoms with Gasteiger partial charge in [0.25, 0.3) is 5.91 Å². The molecule has 3 aliphatic heterocycles. The Hall–Kier alpha value is -3.48. The molecular formula is C33H43N7O4S. The first-order valence-electron chi connectivity index (χ1n) is 15.6. The molecule has 1 aromatic carbocycles. The lowest BCUT2D eigenvalue weighted by molar-refractivity contribution is -0.0611. The minimum Gasteiger partial charge on any atom is -0.444 e. The Balaban J connectivity index is 1.34. The molecule has 6 rings (SSSR count). The van der Waals surface area contributed by atoms with Gasteiger partial charge in [0.05, 0.1) is 19.8 Å². The standard InChI is InChI=1S/C33H43N7O4S/c1-21-8-7-9-39(15-21)16-22-10-24-25(26(11-22)45-6)17-40(30(24)41)28-13-23(12-27(35-28)36-31(42)44-32(2,3)4)33(18-43-19-33)14-29-37-34-20-38(29)5/h10-13,20-21H,7-9,14-19H2,1-6H3,(H,35,36,42)/t21-/m0/s1. The van der Waals surface area contributed by atoms with Crippen molar-refractivity contribution in [2.75, 3.05) is 42.8 Å². The molecule has 0 saturated carbocycles. The number of piperidine rings is 1. The van der Waals surface area contributed by atoms with Gasteiger partial charge in [-0.15, -0.1) is 22.0 Å². The molecule has 2 amide bonds. The van der Waals surface area contributed by atoms with Crippen LogP contribution in [0.3, 0.4) is 0 Å². The van der Waals surface area contributed by atoms with Gasteiger partial charge in [0, 0.05) is 42.4 Å². The molecule has 0 radical (unpaired) electrons. The number of thioether (sulfide) groups is 1. The summed E-state index contributed by atoms with van der Waals surface area (Å²) in [5.74, 6) is 2.21. The molecule has 12 heteroatoms. The fourth-order valence-corrected chi connectivity index (χ4v) is 7.19. The van der Waals surface area contributed by atoms with Gasteiger partial charge in [-0.3, -0.25) is 19.9 Å². The molecule has 2 saturated heterocycles. The Morgan fingerprint density at radius 3 is 2.67 bits per heavy atom. The van der Waals surface area contributed by atoms with Gasteiger partial charge in [-0.25, -0.2) is 9.78 Å². The molecular weight excluding hydrogens is 590 g/mol. The Labute approximate surface area is 269 Å². The Morgan fingerprint density at radius 2 is 2.02 bits per heavy atom. The number of carbonyl (C=O) groups excluding carboxylic acids is 2. The largest absolute Gasteiger partial charge is 0.444 e. The number of nitrogens with zero attached hydrogens (tertiary/aromatic N) is 6. The summed E-state index contributed by atoms with van der Waals surface area (Å²) in [5.41, 5.74) is 2.70. The molecule has 2 fully saturated rings. The van der Waals surface area contributed by atoms with Crippen molar-refractivity contribution in [3.63, 3.8) is 0 Å². The molecule has 5 heterocycles. The summed E-state index contributed by atoms with van der Waals surface area (Å²) in [6, 6.07) is 8.11. The van der Waals surface area contributed by atoms with Crippen LogP contribution in [-0.4, -0.2) is 74.8 Å². The van der Waals surface area contributed by atoms with Crippen LogP contribution in [-0.2, 0) is 41.4 Å². The summed E-state index contributed by atoms with van der Waals surface area (Å²) in [6.07, 6.45) is 6.19. The zero-order valence-electron chi connectivity index (χ0n) is 27.1. The van der Waals surface area contributed by atoms with Gasteiger partial charge in [-0.2, -0.15) is 0 Å². The maximum atomic E-state index is 14.1. The lowest BCUT2D eigenvalue weighted by atomic mass is 9.75. The lowest BCUT2D eigenvalue weighted by Gasteiger charge is -2.42. The number of hydrogen-bond donors (Lipinski definition) is 1. The van der Waals surface area contributed by atoms with E-state index in [0.717, 1.165) is 52.6 Å². The van der Waals surface area contributed by atoms with Crippen molar-refractivity contribution < 1.29 is 19.1 Å². The van der Waals surface area contributed by atoms with Crippen molar-refractivity contribution in [3.05, 3.63) is 58.7 Å². The summed E-state index contributed by atoms with van der Waals surface area (Å²) >= 11 is 1.67. The van der Waals surface area contributed by atoms with Crippen molar-refractivity contribution >= 4 is 35.4 Å². The molecule has 45 heavy (non-hydrogen) atoms. The minimum atomic E-state index is -0.677. The van der Waals surface area contributed by atoms with Gasteiger partial charge in [0.15, 0.2) is 0 Å². The van der Waals surface area contributed by atoms with E-state index in [1.54, 1.807) is 23.0 Å². The van der Waals surface area contributed by atoms with Crippen molar-refractivity contribution in [2.24, 2.45) is 13.0 Å². The number of aromatic nitrogens is 4. The maximum Gasteiger partial charge on any atom is 0.413 e. The average molecular weight is 634 g/mol. The highest BCUT2D eigenvalue weighted by Crippen LogP contribution is 2.40. The first-order chi connectivity index (χ1) is 21.4. The highest BCUT2D eigenvalue weighted by atomic mass is 32.2. The van der Waals surface area contributed by atoms with E-state index in [2.05, 4.69) is 45.7 Å². The predicted molar refractivity (Wildman–Crippen MR) is 174 cm³/mol. The van der Waals surface area contributed by atoms with Crippen molar-refractivity contribution in [1.29, 1.82) is 0 Å². The first kappa shape index (κ1) is 31.5. The van der Waals surface area contributed by atoms with E-state index in [0.29, 0.717) is 43.7 Å². The summed E-state index contributed by atoms with van der Waals surface area (Å²) in [7, 11) is 1.92. The van der Waals surface area contributed by atoms with Crippen LogP contribution < -0.4 is 10.2 Å². The van der Waals surface area contributed by atoms with E-state index in [9.17, 15) is 9.59 Å². The highest BCUT2D eigenvalue weighted by molar-refractivity contribution is 7.98. The summed E-state index contributed by atoms with van der Waals surface area (Å²) in [4.78, 5) is 37.1. The van der Waals surface area contributed by atoms with Crippen LogP contribution in [0, 0.1) is 5.92 Å². The maximum absolute atomic E-state index is 14.1. The number of anilines is 2. The molecule has 2 aromatic heterocycles. The van der Waals surface area contributed by atoms with E-state index in [-0.39, 0.29) is 5.91 Å². The molecule has 240 valence electrons. The average Bonchev–Trinajstić information content (AvgIpc) is 3.51. The van der Waals surface area contributed by atoms with Crippen LogP contribution in [0.5, 0.6) is 0 Å². The van der Waals surface area contributed by atoms with Crippen LogP contribution in [0.1, 0.15) is 73.4 Å². The third-order valence-corrected chi connectivity index (χ3v) is 9.62. The van der Waals surface area contributed by atoms with Gasteiger partial charge < -0.3 is 14.0 Å². The zero-order valence-corrected chi connectivity index (χ0v) is 27.9. The van der Waals surface area contributed by atoms with Crippen LogP contribution in [0.25, 0.3) is 0 Å². The number of pyridine rings is 1. The number of fused-ring (bicyclic) bond motifs is 1. The van der Waals surface area contributed by atoms with E-state index in [4.69, 9.17) is 14.5 Å². The lowest BCUT2D eigenvalue weighted by Crippen LogP contribution is -2.49.